The molecule has 4 rings (SSSR count). The van der Waals surface area contributed by atoms with E-state index < -0.39 is 18.7 Å². The molecule has 7 heteroatoms. The average molecular weight is 409 g/mol. The lowest BCUT2D eigenvalue weighted by molar-refractivity contribution is -0.153. The van der Waals surface area contributed by atoms with Crippen molar-refractivity contribution >= 4 is 11.8 Å². The minimum atomic E-state index is -0.931. The van der Waals surface area contributed by atoms with Crippen LogP contribution in [0.2, 0.25) is 0 Å². The molecular weight excluding hydrogens is 389 g/mol. The maximum Gasteiger partial charge on any atom is 0.351 e. The van der Waals surface area contributed by atoms with Crippen LogP contribution in [0.3, 0.4) is 0 Å². The second-order valence-corrected chi connectivity index (χ2v) is 6.99. The number of aromatic nitrogens is 1. The van der Waals surface area contributed by atoms with Gasteiger partial charge in [0.2, 0.25) is 11.9 Å². The number of fused-ring (bicyclic) bond motifs is 1. The zero-order valence-corrected chi connectivity index (χ0v) is 16.6. The van der Waals surface area contributed by atoms with Crippen LogP contribution in [0.5, 0.6) is 11.5 Å². The Morgan fingerprint density at radius 2 is 1.80 bits per heavy atom. The van der Waals surface area contributed by atoms with E-state index in [1.807, 2.05) is 17.6 Å². The van der Waals surface area contributed by atoms with Gasteiger partial charge in [0, 0.05) is 22.6 Å². The predicted molar refractivity (Wildman–Crippen MR) is 107 cm³/mol. The molecule has 6 nitrogen and oxygen atoms in total. The topological polar surface area (TPSA) is 66.8 Å². The van der Waals surface area contributed by atoms with E-state index in [2.05, 4.69) is 0 Å². The largest absolute Gasteiger partial charge is 0.485 e. The third kappa shape index (κ3) is 3.78. The fourth-order valence-electron chi connectivity index (χ4n) is 3.48. The highest BCUT2D eigenvalue weighted by Crippen LogP contribution is 2.31. The van der Waals surface area contributed by atoms with Gasteiger partial charge in [0.1, 0.15) is 12.4 Å². The SMILES string of the molecule is Cc1cc(C(=O)COC(=O)[C@H]2COc3ccccc3O2)c(C)n1-c1ccc(F)cc1. The molecular formula is C23H20FNO5. The fourth-order valence-corrected chi connectivity index (χ4v) is 3.48. The van der Waals surface area contributed by atoms with Crippen molar-refractivity contribution in [3.63, 3.8) is 0 Å². The summed E-state index contributed by atoms with van der Waals surface area (Å²) in [5.41, 5.74) is 2.69. The van der Waals surface area contributed by atoms with E-state index in [4.69, 9.17) is 14.2 Å². The van der Waals surface area contributed by atoms with Gasteiger partial charge in [-0.3, -0.25) is 4.79 Å². The Kier molecular flexibility index (Phi) is 5.27. The highest BCUT2D eigenvalue weighted by Gasteiger charge is 2.29. The number of benzene rings is 2. The molecule has 2 heterocycles. The van der Waals surface area contributed by atoms with Crippen molar-refractivity contribution in [3.8, 4) is 17.2 Å². The minimum absolute atomic E-state index is 0.0170. The van der Waals surface area contributed by atoms with Crippen molar-refractivity contribution in [3.05, 3.63) is 77.4 Å². The Bertz CT molecular complexity index is 1100. The molecule has 0 radical (unpaired) electrons. The van der Waals surface area contributed by atoms with Crippen molar-refractivity contribution in [1.82, 2.24) is 4.57 Å². The molecule has 0 aliphatic carbocycles. The molecule has 1 atom stereocenters. The summed E-state index contributed by atoms with van der Waals surface area (Å²) in [7, 11) is 0. The molecule has 0 spiro atoms. The number of aryl methyl sites for hydroxylation is 1. The van der Waals surface area contributed by atoms with Crippen LogP contribution in [0.15, 0.2) is 54.6 Å². The van der Waals surface area contributed by atoms with Gasteiger partial charge in [-0.05, 0) is 56.3 Å². The maximum absolute atomic E-state index is 13.2. The summed E-state index contributed by atoms with van der Waals surface area (Å²) in [6.45, 7) is 3.25. The highest BCUT2D eigenvalue weighted by molar-refractivity contribution is 5.99. The Morgan fingerprint density at radius 3 is 2.53 bits per heavy atom. The first-order chi connectivity index (χ1) is 14.4. The number of para-hydroxylation sites is 2. The molecule has 2 aromatic carbocycles. The molecule has 0 unspecified atom stereocenters. The third-order valence-electron chi connectivity index (χ3n) is 4.93. The Balaban J connectivity index is 1.43. The second kappa shape index (κ2) is 8.02. The number of rotatable bonds is 5. The number of ketones is 1. The standard InChI is InChI=1S/C23H20FNO5/c1-14-11-18(15(2)25(14)17-9-7-16(24)8-10-17)19(26)12-29-23(27)22-13-28-20-5-3-4-6-21(20)30-22/h3-11,22H,12-13H2,1-2H3/t22-/m1/s1. The van der Waals surface area contributed by atoms with Gasteiger partial charge in [0.25, 0.3) is 0 Å². The number of halogens is 1. The molecule has 3 aromatic rings. The summed E-state index contributed by atoms with van der Waals surface area (Å²) in [5.74, 6) is -0.307. The summed E-state index contributed by atoms with van der Waals surface area (Å²) < 4.78 is 31.4. The zero-order valence-electron chi connectivity index (χ0n) is 16.6. The molecule has 1 aliphatic heterocycles. The monoisotopic (exact) mass is 409 g/mol. The number of carbonyl (C=O) groups excluding carboxylic acids is 2. The first kappa shape index (κ1) is 19.7. The Hall–Kier alpha value is -3.61. The normalized spacial score (nSPS) is 15.0. The van der Waals surface area contributed by atoms with Crippen LogP contribution in [0, 0.1) is 19.7 Å². The number of ether oxygens (including phenoxy) is 3. The average Bonchev–Trinajstić information content (AvgIpc) is 3.06. The van der Waals surface area contributed by atoms with Crippen molar-refractivity contribution in [2.45, 2.75) is 20.0 Å². The van der Waals surface area contributed by atoms with Crippen LogP contribution in [0.1, 0.15) is 21.7 Å². The van der Waals surface area contributed by atoms with Crippen LogP contribution in [0.25, 0.3) is 5.69 Å². The van der Waals surface area contributed by atoms with Gasteiger partial charge in [0.05, 0.1) is 0 Å². The van der Waals surface area contributed by atoms with Gasteiger partial charge >= 0.3 is 5.97 Å². The van der Waals surface area contributed by atoms with E-state index in [0.29, 0.717) is 22.8 Å². The molecule has 30 heavy (non-hydrogen) atoms. The van der Waals surface area contributed by atoms with Crippen LogP contribution in [0.4, 0.5) is 4.39 Å². The summed E-state index contributed by atoms with van der Waals surface area (Å²) in [4.78, 5) is 25.0. The third-order valence-corrected chi connectivity index (χ3v) is 4.93. The molecule has 1 aromatic heterocycles. The summed E-state index contributed by atoms with van der Waals surface area (Å²) >= 11 is 0. The second-order valence-electron chi connectivity index (χ2n) is 6.99. The van der Waals surface area contributed by atoms with Gasteiger partial charge in [-0.2, -0.15) is 0 Å². The zero-order chi connectivity index (χ0) is 21.3. The summed E-state index contributed by atoms with van der Waals surface area (Å²) in [5, 5.41) is 0. The fraction of sp³-hybridized carbons (Fsp3) is 0.217. The molecule has 0 fully saturated rings. The first-order valence-corrected chi connectivity index (χ1v) is 9.47. The highest BCUT2D eigenvalue weighted by atomic mass is 19.1. The number of nitrogens with zero attached hydrogens (tertiary/aromatic N) is 1. The van der Waals surface area contributed by atoms with Gasteiger partial charge in [0.15, 0.2) is 18.1 Å². The van der Waals surface area contributed by atoms with Crippen molar-refractivity contribution in [2.75, 3.05) is 13.2 Å². The van der Waals surface area contributed by atoms with E-state index >= 15 is 0 Å². The van der Waals surface area contributed by atoms with Crippen LogP contribution >= 0.6 is 0 Å². The van der Waals surface area contributed by atoms with E-state index in [9.17, 15) is 14.0 Å². The van der Waals surface area contributed by atoms with Gasteiger partial charge in [-0.1, -0.05) is 12.1 Å². The van der Waals surface area contributed by atoms with E-state index in [0.717, 1.165) is 11.4 Å². The minimum Gasteiger partial charge on any atom is -0.485 e. The number of carbonyl (C=O) groups is 2. The number of hydrogen-bond acceptors (Lipinski definition) is 5. The van der Waals surface area contributed by atoms with Crippen molar-refractivity contribution in [2.24, 2.45) is 0 Å². The van der Waals surface area contributed by atoms with Gasteiger partial charge < -0.3 is 18.8 Å². The molecule has 0 saturated carbocycles. The Morgan fingerprint density at radius 1 is 1.10 bits per heavy atom. The molecule has 1 aliphatic rings. The number of esters is 1. The molecule has 0 amide bonds. The first-order valence-electron chi connectivity index (χ1n) is 9.47. The quantitative estimate of drug-likeness (QED) is 0.474. The van der Waals surface area contributed by atoms with E-state index in [1.165, 1.54) is 12.1 Å². The lowest BCUT2D eigenvalue weighted by Crippen LogP contribution is -2.38. The van der Waals surface area contributed by atoms with Gasteiger partial charge in [-0.15, -0.1) is 0 Å². The van der Waals surface area contributed by atoms with Crippen molar-refractivity contribution < 1.29 is 28.2 Å². The van der Waals surface area contributed by atoms with Crippen LogP contribution in [-0.2, 0) is 9.53 Å². The van der Waals surface area contributed by atoms with Crippen LogP contribution < -0.4 is 9.47 Å². The molecule has 0 N–H and O–H groups in total. The Labute approximate surface area is 172 Å². The smallest absolute Gasteiger partial charge is 0.351 e. The summed E-state index contributed by atoms with van der Waals surface area (Å²) in [6, 6.07) is 14.8. The van der Waals surface area contributed by atoms with Crippen molar-refractivity contribution in [1.29, 1.82) is 0 Å². The summed E-state index contributed by atoms with van der Waals surface area (Å²) in [6.07, 6.45) is -0.931. The number of Topliss-reactive ketones (excluding diaryl/α,β-unsaturated/α-hetero) is 1. The molecule has 0 bridgehead atoms. The molecule has 154 valence electrons. The lowest BCUT2D eigenvalue weighted by Gasteiger charge is -2.24. The predicted octanol–water partition coefficient (Wildman–Crippen LogP) is 3.80. The van der Waals surface area contributed by atoms with Crippen LogP contribution in [-0.4, -0.2) is 35.6 Å². The molecule has 0 saturated heterocycles. The maximum atomic E-state index is 13.2. The van der Waals surface area contributed by atoms with E-state index in [1.54, 1.807) is 43.3 Å². The number of hydrogen-bond donors (Lipinski definition) is 0. The van der Waals surface area contributed by atoms with E-state index in [-0.39, 0.29) is 18.2 Å². The van der Waals surface area contributed by atoms with Gasteiger partial charge in [-0.25, -0.2) is 9.18 Å². The lowest BCUT2D eigenvalue weighted by atomic mass is 10.1.